The molecule has 0 bridgehead atoms. The van der Waals surface area contributed by atoms with Gasteiger partial charge in [-0.1, -0.05) is 19.1 Å². The second-order valence-corrected chi connectivity index (χ2v) is 5.53. The quantitative estimate of drug-likeness (QED) is 0.374. The maximum atomic E-state index is 13.1. The molecular formula is C17H30FIN4. The standard InChI is InChI=1S/C17H29FN4.HI/c1-5-22(14(2)3)12-11-21-17(19-4)20-10-9-15-7-6-8-16(18)13-15;/h6-8,13-14H,5,9-12H2,1-4H3,(H2,19,20,21);1H. The predicted octanol–water partition coefficient (Wildman–Crippen LogP) is 2.88. The zero-order valence-electron chi connectivity index (χ0n) is 14.6. The van der Waals surface area contributed by atoms with Crippen molar-refractivity contribution in [3.8, 4) is 0 Å². The Morgan fingerprint density at radius 2 is 1.96 bits per heavy atom. The van der Waals surface area contributed by atoms with Gasteiger partial charge < -0.3 is 10.6 Å². The van der Waals surface area contributed by atoms with Crippen molar-refractivity contribution in [1.82, 2.24) is 15.5 Å². The van der Waals surface area contributed by atoms with E-state index in [-0.39, 0.29) is 29.8 Å². The van der Waals surface area contributed by atoms with E-state index in [1.54, 1.807) is 19.2 Å². The molecule has 0 spiro atoms. The van der Waals surface area contributed by atoms with Gasteiger partial charge in [0.2, 0.25) is 0 Å². The van der Waals surface area contributed by atoms with Crippen LogP contribution in [0.4, 0.5) is 4.39 Å². The van der Waals surface area contributed by atoms with Gasteiger partial charge in [0.05, 0.1) is 0 Å². The van der Waals surface area contributed by atoms with Crippen molar-refractivity contribution in [3.05, 3.63) is 35.6 Å². The molecule has 0 amide bonds. The molecule has 0 aliphatic rings. The summed E-state index contributed by atoms with van der Waals surface area (Å²) in [5.74, 6) is 0.601. The molecule has 0 saturated carbocycles. The second kappa shape index (κ2) is 12.5. The van der Waals surface area contributed by atoms with Crippen molar-refractivity contribution in [2.75, 3.05) is 33.2 Å². The molecule has 1 rings (SSSR count). The van der Waals surface area contributed by atoms with Gasteiger partial charge >= 0.3 is 0 Å². The fraction of sp³-hybridized carbons (Fsp3) is 0.588. The lowest BCUT2D eigenvalue weighted by Gasteiger charge is -2.25. The largest absolute Gasteiger partial charge is 0.356 e. The molecule has 6 heteroatoms. The fourth-order valence-electron chi connectivity index (χ4n) is 2.34. The fourth-order valence-corrected chi connectivity index (χ4v) is 2.34. The molecule has 132 valence electrons. The molecule has 0 aromatic heterocycles. The van der Waals surface area contributed by atoms with Crippen LogP contribution in [0.15, 0.2) is 29.3 Å². The van der Waals surface area contributed by atoms with E-state index in [4.69, 9.17) is 0 Å². The van der Waals surface area contributed by atoms with Crippen molar-refractivity contribution < 1.29 is 4.39 Å². The number of rotatable bonds is 8. The first-order valence-corrected chi connectivity index (χ1v) is 7.99. The van der Waals surface area contributed by atoms with Gasteiger partial charge in [-0.25, -0.2) is 4.39 Å². The number of benzene rings is 1. The Hall–Kier alpha value is -0.890. The number of guanidine groups is 1. The number of nitrogens with one attached hydrogen (secondary N) is 2. The van der Waals surface area contributed by atoms with Gasteiger partial charge in [0.25, 0.3) is 0 Å². The van der Waals surface area contributed by atoms with E-state index in [1.807, 2.05) is 6.07 Å². The molecule has 0 heterocycles. The molecule has 4 nitrogen and oxygen atoms in total. The van der Waals surface area contributed by atoms with E-state index in [0.29, 0.717) is 6.04 Å². The van der Waals surface area contributed by atoms with Crippen molar-refractivity contribution in [2.24, 2.45) is 4.99 Å². The van der Waals surface area contributed by atoms with E-state index < -0.39 is 0 Å². The van der Waals surface area contributed by atoms with Crippen LogP contribution in [0.25, 0.3) is 0 Å². The zero-order chi connectivity index (χ0) is 16.4. The Morgan fingerprint density at radius 1 is 1.26 bits per heavy atom. The van der Waals surface area contributed by atoms with Gasteiger partial charge in [0.15, 0.2) is 5.96 Å². The maximum Gasteiger partial charge on any atom is 0.191 e. The highest BCUT2D eigenvalue weighted by molar-refractivity contribution is 14.0. The van der Waals surface area contributed by atoms with Crippen molar-refractivity contribution in [2.45, 2.75) is 33.2 Å². The highest BCUT2D eigenvalue weighted by atomic mass is 127. The topological polar surface area (TPSA) is 39.7 Å². The molecule has 0 fully saturated rings. The normalized spacial score (nSPS) is 11.5. The van der Waals surface area contributed by atoms with Crippen molar-refractivity contribution in [3.63, 3.8) is 0 Å². The SMILES string of the molecule is CCN(CCNC(=NC)NCCc1cccc(F)c1)C(C)C.I. The van der Waals surface area contributed by atoms with E-state index >= 15 is 0 Å². The third kappa shape index (κ3) is 9.10. The highest BCUT2D eigenvalue weighted by Gasteiger charge is 2.06. The lowest BCUT2D eigenvalue weighted by atomic mass is 10.1. The van der Waals surface area contributed by atoms with Gasteiger partial charge in [0.1, 0.15) is 5.82 Å². The lowest BCUT2D eigenvalue weighted by Crippen LogP contribution is -2.43. The Labute approximate surface area is 157 Å². The molecule has 1 aromatic rings. The molecule has 0 radical (unpaired) electrons. The average molecular weight is 436 g/mol. The van der Waals surface area contributed by atoms with Crippen LogP contribution in [0, 0.1) is 5.82 Å². The van der Waals surface area contributed by atoms with E-state index in [9.17, 15) is 4.39 Å². The number of hydrogen-bond donors (Lipinski definition) is 2. The molecule has 2 N–H and O–H groups in total. The van der Waals surface area contributed by atoms with Crippen LogP contribution in [-0.4, -0.2) is 50.1 Å². The summed E-state index contributed by atoms with van der Waals surface area (Å²) in [5.41, 5.74) is 0.986. The van der Waals surface area contributed by atoms with Gasteiger partial charge in [0, 0.05) is 32.7 Å². The monoisotopic (exact) mass is 436 g/mol. The molecule has 0 unspecified atom stereocenters. The van der Waals surface area contributed by atoms with E-state index in [1.165, 1.54) is 6.07 Å². The van der Waals surface area contributed by atoms with Gasteiger partial charge in [-0.05, 0) is 44.5 Å². The molecule has 0 saturated heterocycles. The molecule has 1 aromatic carbocycles. The Balaban J connectivity index is 0.00000484. The molecule has 0 aliphatic heterocycles. The average Bonchev–Trinajstić information content (AvgIpc) is 2.49. The Kier molecular flexibility index (Phi) is 12.0. The van der Waals surface area contributed by atoms with Gasteiger partial charge in [-0.2, -0.15) is 0 Å². The summed E-state index contributed by atoms with van der Waals surface area (Å²) in [6, 6.07) is 7.26. The minimum absolute atomic E-state index is 0. The number of likely N-dealkylation sites (N-methyl/N-ethyl adjacent to an activating group) is 1. The predicted molar refractivity (Wildman–Crippen MR) is 107 cm³/mol. The van der Waals surface area contributed by atoms with Crippen LogP contribution in [0.2, 0.25) is 0 Å². The summed E-state index contributed by atoms with van der Waals surface area (Å²) < 4.78 is 13.1. The molecule has 0 aliphatic carbocycles. The highest BCUT2D eigenvalue weighted by Crippen LogP contribution is 2.03. The van der Waals surface area contributed by atoms with Crippen LogP contribution >= 0.6 is 24.0 Å². The van der Waals surface area contributed by atoms with Crippen molar-refractivity contribution >= 4 is 29.9 Å². The first-order valence-electron chi connectivity index (χ1n) is 7.99. The summed E-state index contributed by atoms with van der Waals surface area (Å²) in [5, 5.41) is 6.57. The Bertz CT molecular complexity index is 466. The van der Waals surface area contributed by atoms with Crippen LogP contribution in [0.5, 0.6) is 0 Å². The zero-order valence-corrected chi connectivity index (χ0v) is 16.9. The number of nitrogens with zero attached hydrogens (tertiary/aromatic N) is 2. The smallest absolute Gasteiger partial charge is 0.191 e. The summed E-state index contributed by atoms with van der Waals surface area (Å²) in [4.78, 5) is 6.60. The minimum atomic E-state index is -0.187. The van der Waals surface area contributed by atoms with Gasteiger partial charge in [-0.3, -0.25) is 9.89 Å². The van der Waals surface area contributed by atoms with Crippen molar-refractivity contribution in [1.29, 1.82) is 0 Å². The summed E-state index contributed by atoms with van der Waals surface area (Å²) in [7, 11) is 1.76. The molecule has 0 atom stereocenters. The van der Waals surface area contributed by atoms with Crippen LogP contribution in [0.1, 0.15) is 26.3 Å². The van der Waals surface area contributed by atoms with Crippen LogP contribution in [0.3, 0.4) is 0 Å². The first-order chi connectivity index (χ1) is 10.6. The van der Waals surface area contributed by atoms with E-state index in [2.05, 4.69) is 41.3 Å². The number of aliphatic imine (C=N–C) groups is 1. The van der Waals surface area contributed by atoms with Gasteiger partial charge in [-0.15, -0.1) is 24.0 Å². The summed E-state index contributed by atoms with van der Waals surface area (Å²) in [6.07, 6.45) is 0.769. The Morgan fingerprint density at radius 3 is 2.52 bits per heavy atom. The van der Waals surface area contributed by atoms with E-state index in [0.717, 1.165) is 44.1 Å². The van der Waals surface area contributed by atoms with Crippen LogP contribution < -0.4 is 10.6 Å². The minimum Gasteiger partial charge on any atom is -0.356 e. The maximum absolute atomic E-state index is 13.1. The molecular weight excluding hydrogens is 406 g/mol. The number of halogens is 2. The van der Waals surface area contributed by atoms with Crippen LogP contribution in [-0.2, 0) is 6.42 Å². The summed E-state index contributed by atoms with van der Waals surface area (Å²) >= 11 is 0. The number of hydrogen-bond acceptors (Lipinski definition) is 2. The lowest BCUT2D eigenvalue weighted by molar-refractivity contribution is 0.237. The molecule has 23 heavy (non-hydrogen) atoms. The third-order valence-corrected chi connectivity index (χ3v) is 3.65. The summed E-state index contributed by atoms with van der Waals surface area (Å²) in [6.45, 7) is 10.2. The second-order valence-electron chi connectivity index (χ2n) is 5.53. The first kappa shape index (κ1) is 22.1. The third-order valence-electron chi connectivity index (χ3n) is 3.65.